The van der Waals surface area contributed by atoms with Crippen molar-refractivity contribution < 1.29 is 13.5 Å². The zero-order valence-corrected chi connectivity index (χ0v) is 11.7. The molecule has 0 fully saturated rings. The van der Waals surface area contributed by atoms with Gasteiger partial charge in [-0.25, -0.2) is 18.1 Å². The monoisotopic (exact) mass is 292 g/mol. The van der Waals surface area contributed by atoms with E-state index in [1.807, 2.05) is 6.92 Å². The van der Waals surface area contributed by atoms with Crippen LogP contribution in [0.3, 0.4) is 0 Å². The van der Waals surface area contributed by atoms with Gasteiger partial charge in [-0.2, -0.15) is 0 Å². The van der Waals surface area contributed by atoms with Gasteiger partial charge in [0.15, 0.2) is 0 Å². The first-order valence-corrected chi connectivity index (χ1v) is 7.54. The number of nitrogens with zero attached hydrogens (tertiary/aromatic N) is 1. The van der Waals surface area contributed by atoms with E-state index in [2.05, 4.69) is 9.71 Å². The van der Waals surface area contributed by atoms with E-state index in [-0.39, 0.29) is 22.6 Å². The molecule has 0 amide bonds. The maximum Gasteiger partial charge on any atom is 0.243 e. The lowest BCUT2D eigenvalue weighted by Gasteiger charge is -2.09. The molecule has 1 heterocycles. The SMILES string of the molecule is CC(CO)CCCNS(=O)(=O)c1cccnc1Cl. The van der Waals surface area contributed by atoms with Crippen molar-refractivity contribution in [2.45, 2.75) is 24.7 Å². The Balaban J connectivity index is 2.54. The van der Waals surface area contributed by atoms with Gasteiger partial charge < -0.3 is 5.11 Å². The van der Waals surface area contributed by atoms with Crippen LogP contribution in [-0.4, -0.2) is 31.7 Å². The van der Waals surface area contributed by atoms with Gasteiger partial charge in [-0.05, 0) is 30.9 Å². The second kappa shape index (κ2) is 7.04. The van der Waals surface area contributed by atoms with Gasteiger partial charge >= 0.3 is 0 Å². The molecule has 0 radical (unpaired) electrons. The lowest BCUT2D eigenvalue weighted by Crippen LogP contribution is -2.25. The molecule has 2 N–H and O–H groups in total. The van der Waals surface area contributed by atoms with E-state index in [4.69, 9.17) is 16.7 Å². The Morgan fingerprint density at radius 1 is 1.56 bits per heavy atom. The summed E-state index contributed by atoms with van der Waals surface area (Å²) < 4.78 is 26.2. The van der Waals surface area contributed by atoms with Gasteiger partial charge in [0.25, 0.3) is 0 Å². The van der Waals surface area contributed by atoms with Crippen LogP contribution in [0, 0.1) is 5.92 Å². The number of aliphatic hydroxyl groups excluding tert-OH is 1. The summed E-state index contributed by atoms with van der Waals surface area (Å²) in [5.74, 6) is 0.177. The van der Waals surface area contributed by atoms with Crippen LogP contribution in [0.15, 0.2) is 23.2 Å². The number of halogens is 1. The predicted octanol–water partition coefficient (Wildman–Crippen LogP) is 1.42. The predicted molar refractivity (Wildman–Crippen MR) is 69.9 cm³/mol. The third kappa shape index (κ3) is 4.53. The molecule has 0 aliphatic rings. The summed E-state index contributed by atoms with van der Waals surface area (Å²) in [5.41, 5.74) is 0. The fourth-order valence-corrected chi connectivity index (χ4v) is 2.92. The van der Waals surface area contributed by atoms with E-state index in [0.717, 1.165) is 6.42 Å². The van der Waals surface area contributed by atoms with Crippen molar-refractivity contribution in [1.82, 2.24) is 9.71 Å². The molecule has 0 aliphatic carbocycles. The van der Waals surface area contributed by atoms with E-state index in [0.29, 0.717) is 13.0 Å². The highest BCUT2D eigenvalue weighted by Gasteiger charge is 2.17. The molecule has 0 saturated carbocycles. The molecule has 7 heteroatoms. The number of aromatic nitrogens is 1. The van der Waals surface area contributed by atoms with Crippen LogP contribution in [0.4, 0.5) is 0 Å². The summed E-state index contributed by atoms with van der Waals surface area (Å²) in [5, 5.41) is 8.81. The molecule has 0 bridgehead atoms. The van der Waals surface area contributed by atoms with E-state index in [1.54, 1.807) is 0 Å². The summed E-state index contributed by atoms with van der Waals surface area (Å²) in [6.07, 6.45) is 2.86. The minimum Gasteiger partial charge on any atom is -0.396 e. The Morgan fingerprint density at radius 3 is 2.89 bits per heavy atom. The third-order valence-electron chi connectivity index (χ3n) is 2.49. The lowest BCUT2D eigenvalue weighted by atomic mass is 10.1. The molecule has 102 valence electrons. The van der Waals surface area contributed by atoms with Gasteiger partial charge in [0, 0.05) is 19.3 Å². The molecule has 0 aromatic carbocycles. The molecular formula is C11H17ClN2O3S. The Kier molecular flexibility index (Phi) is 6.01. The molecule has 0 aliphatic heterocycles. The maximum atomic E-state index is 11.9. The number of sulfonamides is 1. The summed E-state index contributed by atoms with van der Waals surface area (Å²) in [6.45, 7) is 2.34. The van der Waals surface area contributed by atoms with Gasteiger partial charge in [0.05, 0.1) is 0 Å². The number of aliphatic hydroxyl groups is 1. The number of hydrogen-bond donors (Lipinski definition) is 2. The van der Waals surface area contributed by atoms with Crippen LogP contribution < -0.4 is 4.72 Å². The number of pyridine rings is 1. The van der Waals surface area contributed by atoms with Crippen molar-refractivity contribution in [2.75, 3.05) is 13.2 Å². The Hall–Kier alpha value is -0.690. The van der Waals surface area contributed by atoms with Crippen LogP contribution in [0.25, 0.3) is 0 Å². The molecule has 1 rings (SSSR count). The zero-order chi connectivity index (χ0) is 13.6. The first-order valence-electron chi connectivity index (χ1n) is 5.68. The van der Waals surface area contributed by atoms with Gasteiger partial charge in [-0.1, -0.05) is 18.5 Å². The van der Waals surface area contributed by atoms with E-state index >= 15 is 0 Å². The number of nitrogens with one attached hydrogen (secondary N) is 1. The molecule has 1 aromatic heterocycles. The van der Waals surface area contributed by atoms with Crippen LogP contribution in [0.2, 0.25) is 5.15 Å². The normalized spacial score (nSPS) is 13.5. The maximum absolute atomic E-state index is 11.9. The van der Waals surface area contributed by atoms with Crippen LogP contribution in [0.5, 0.6) is 0 Å². The quantitative estimate of drug-likeness (QED) is 0.588. The molecule has 5 nitrogen and oxygen atoms in total. The van der Waals surface area contributed by atoms with Gasteiger partial charge in [-0.3, -0.25) is 0 Å². The van der Waals surface area contributed by atoms with Crippen molar-refractivity contribution in [2.24, 2.45) is 5.92 Å². The van der Waals surface area contributed by atoms with Crippen molar-refractivity contribution in [3.05, 3.63) is 23.5 Å². The van der Waals surface area contributed by atoms with E-state index in [9.17, 15) is 8.42 Å². The van der Waals surface area contributed by atoms with Crippen molar-refractivity contribution in [1.29, 1.82) is 0 Å². The average Bonchev–Trinajstić information content (AvgIpc) is 2.34. The van der Waals surface area contributed by atoms with Crippen molar-refractivity contribution in [3.8, 4) is 0 Å². The minimum absolute atomic E-state index is 0.0122. The first-order chi connectivity index (χ1) is 8.47. The molecule has 0 saturated heterocycles. The molecule has 1 unspecified atom stereocenters. The average molecular weight is 293 g/mol. The smallest absolute Gasteiger partial charge is 0.243 e. The fraction of sp³-hybridized carbons (Fsp3) is 0.545. The number of hydrogen-bond acceptors (Lipinski definition) is 4. The largest absolute Gasteiger partial charge is 0.396 e. The van der Waals surface area contributed by atoms with E-state index < -0.39 is 10.0 Å². The van der Waals surface area contributed by atoms with Crippen molar-refractivity contribution >= 4 is 21.6 Å². The Morgan fingerprint density at radius 2 is 2.28 bits per heavy atom. The second-order valence-electron chi connectivity index (χ2n) is 4.12. The standard InChI is InChI=1S/C11H17ClN2O3S/c1-9(8-15)4-2-7-14-18(16,17)10-5-3-6-13-11(10)12/h3,5-6,9,14-15H,2,4,7-8H2,1H3. The Labute approximate surface area is 112 Å². The zero-order valence-electron chi connectivity index (χ0n) is 10.1. The molecule has 1 atom stereocenters. The van der Waals surface area contributed by atoms with Gasteiger partial charge in [0.1, 0.15) is 10.0 Å². The van der Waals surface area contributed by atoms with Gasteiger partial charge in [-0.15, -0.1) is 0 Å². The van der Waals surface area contributed by atoms with Crippen LogP contribution in [0.1, 0.15) is 19.8 Å². The van der Waals surface area contributed by atoms with Gasteiger partial charge in [0.2, 0.25) is 10.0 Å². The second-order valence-corrected chi connectivity index (χ2v) is 6.21. The highest BCUT2D eigenvalue weighted by atomic mass is 35.5. The summed E-state index contributed by atoms with van der Waals surface area (Å²) in [7, 11) is -3.60. The molecule has 18 heavy (non-hydrogen) atoms. The third-order valence-corrected chi connectivity index (χ3v) is 4.40. The summed E-state index contributed by atoms with van der Waals surface area (Å²) in [4.78, 5) is 3.72. The molecule has 0 spiro atoms. The van der Waals surface area contributed by atoms with Crippen LogP contribution in [-0.2, 0) is 10.0 Å². The Bertz CT molecular complexity index is 479. The fourth-order valence-electron chi connectivity index (χ4n) is 1.40. The topological polar surface area (TPSA) is 79.3 Å². The lowest BCUT2D eigenvalue weighted by molar-refractivity contribution is 0.228. The van der Waals surface area contributed by atoms with E-state index in [1.165, 1.54) is 18.3 Å². The minimum atomic E-state index is -3.60. The highest BCUT2D eigenvalue weighted by Crippen LogP contribution is 2.17. The van der Waals surface area contributed by atoms with Crippen molar-refractivity contribution in [3.63, 3.8) is 0 Å². The first kappa shape index (κ1) is 15.4. The van der Waals surface area contributed by atoms with Crippen LogP contribution >= 0.6 is 11.6 Å². The molecular weight excluding hydrogens is 276 g/mol. The number of rotatable bonds is 7. The molecule has 1 aromatic rings. The summed E-state index contributed by atoms with van der Waals surface area (Å²) >= 11 is 5.73. The highest BCUT2D eigenvalue weighted by molar-refractivity contribution is 7.89. The summed E-state index contributed by atoms with van der Waals surface area (Å²) in [6, 6.07) is 2.93.